The fourth-order valence-electron chi connectivity index (χ4n) is 7.67. The molecule has 3 aliphatic rings. The predicted octanol–water partition coefficient (Wildman–Crippen LogP) is 9.75. The van der Waals surface area contributed by atoms with Crippen LogP contribution < -0.4 is 30.0 Å². The van der Waals surface area contributed by atoms with Gasteiger partial charge in [-0.3, -0.25) is 0 Å². The van der Waals surface area contributed by atoms with Crippen molar-refractivity contribution in [3.8, 4) is 56.1 Å². The van der Waals surface area contributed by atoms with Crippen LogP contribution in [0, 0.1) is 19.7 Å². The summed E-state index contributed by atoms with van der Waals surface area (Å²) in [6.07, 6.45) is 3.67. The average Bonchev–Trinajstić information content (AvgIpc) is 3.71. The summed E-state index contributed by atoms with van der Waals surface area (Å²) >= 11 is 15.5. The van der Waals surface area contributed by atoms with Crippen molar-refractivity contribution in [2.24, 2.45) is 5.73 Å². The minimum Gasteiger partial charge on any atom is -0.490 e. The van der Waals surface area contributed by atoms with Gasteiger partial charge in [0, 0.05) is 79.1 Å². The van der Waals surface area contributed by atoms with Crippen LogP contribution in [0.15, 0.2) is 85.3 Å². The number of anilines is 1. The minimum atomic E-state index is -0.334. The molecule has 16 heteroatoms. The molecule has 12 nitrogen and oxygen atoms in total. The Morgan fingerprint density at radius 2 is 1.49 bits per heavy atom. The number of hydrogen-bond donors (Lipinski definition) is 2. The van der Waals surface area contributed by atoms with Gasteiger partial charge in [-0.25, -0.2) is 24.3 Å². The molecule has 4 bridgehead atoms. The number of aromatic nitrogens is 4. The third kappa shape index (κ3) is 10.8. The normalized spacial score (nSPS) is 14.4. The molecule has 3 aromatic heterocycles. The van der Waals surface area contributed by atoms with Crippen LogP contribution in [0.2, 0.25) is 10.0 Å². The average molecular weight is 938 g/mol. The fourth-order valence-corrected chi connectivity index (χ4v) is 9.35. The van der Waals surface area contributed by atoms with E-state index in [1.165, 1.54) is 56.0 Å². The maximum Gasteiger partial charge on any atom is 0.226 e. The van der Waals surface area contributed by atoms with E-state index in [0.29, 0.717) is 68.7 Å². The van der Waals surface area contributed by atoms with E-state index in [0.717, 1.165) is 55.2 Å². The quantitative estimate of drug-likeness (QED) is 0.150. The second-order valence-electron chi connectivity index (χ2n) is 15.9. The van der Waals surface area contributed by atoms with E-state index >= 15 is 0 Å². The molecule has 0 unspecified atom stereocenters. The SMILES string of the molecule is CN1CCN(C)CC1.Cc1c(Cl)c2c(Cl)c(C)c1-c1c(-c3ccc(F)cc3)sc3ncnc(c13)OCCc1cc(ccc1OCc1ccnc(-c3ccc(NCCN)cc3)n1)OCCO2. The lowest BCUT2D eigenvalue weighted by atomic mass is 9.92. The number of piperazine rings is 1. The third-order valence-electron chi connectivity index (χ3n) is 11.3. The summed E-state index contributed by atoms with van der Waals surface area (Å²) < 4.78 is 39.4. The van der Waals surface area contributed by atoms with E-state index in [-0.39, 0.29) is 32.2 Å². The first-order valence-corrected chi connectivity index (χ1v) is 23.0. The summed E-state index contributed by atoms with van der Waals surface area (Å²) in [6, 6.07) is 21.8. The highest BCUT2D eigenvalue weighted by Crippen LogP contribution is 2.52. The highest BCUT2D eigenvalue weighted by atomic mass is 35.5. The van der Waals surface area contributed by atoms with Gasteiger partial charge in [0.15, 0.2) is 11.6 Å². The molecule has 7 aromatic rings. The Labute approximate surface area is 392 Å². The van der Waals surface area contributed by atoms with Gasteiger partial charge in [0.1, 0.15) is 48.3 Å². The van der Waals surface area contributed by atoms with Crippen molar-refractivity contribution in [1.82, 2.24) is 29.7 Å². The van der Waals surface area contributed by atoms with E-state index < -0.39 is 0 Å². The fraction of sp³-hybridized carbons (Fsp3) is 0.306. The number of ether oxygens (including phenoxy) is 4. The molecule has 0 radical (unpaired) electrons. The summed E-state index contributed by atoms with van der Waals surface area (Å²) in [7, 11) is 4.35. The minimum absolute atomic E-state index is 0.192. The van der Waals surface area contributed by atoms with E-state index in [1.54, 1.807) is 18.3 Å². The second-order valence-corrected chi connectivity index (χ2v) is 17.6. The lowest BCUT2D eigenvalue weighted by Crippen LogP contribution is -2.42. The number of halogens is 3. The van der Waals surface area contributed by atoms with Crippen molar-refractivity contribution >= 4 is 50.4 Å². The lowest BCUT2D eigenvalue weighted by Gasteiger charge is -2.28. The van der Waals surface area contributed by atoms with Gasteiger partial charge in [-0.15, -0.1) is 11.3 Å². The Kier molecular flexibility index (Phi) is 14.9. The van der Waals surface area contributed by atoms with Crippen LogP contribution in [0.25, 0.3) is 43.2 Å². The zero-order valence-corrected chi connectivity index (χ0v) is 39.1. The van der Waals surface area contributed by atoms with Crippen molar-refractivity contribution in [2.75, 3.05) is 78.5 Å². The zero-order chi connectivity index (χ0) is 45.5. The van der Waals surface area contributed by atoms with Gasteiger partial charge >= 0.3 is 0 Å². The Morgan fingerprint density at radius 3 is 2.20 bits per heavy atom. The zero-order valence-electron chi connectivity index (χ0n) is 36.8. The first kappa shape index (κ1) is 45.9. The number of likely N-dealkylation sites (N-methyl/N-ethyl adjacent to an activating group) is 2. The van der Waals surface area contributed by atoms with Crippen molar-refractivity contribution in [3.05, 3.63) is 124 Å². The highest BCUT2D eigenvalue weighted by Gasteiger charge is 2.28. The number of fused-ring (bicyclic) bond motifs is 7. The molecular weight excluding hydrogens is 887 g/mol. The van der Waals surface area contributed by atoms with E-state index in [4.69, 9.17) is 52.9 Å². The number of hydrogen-bond acceptors (Lipinski definition) is 13. The molecule has 3 N–H and O–H groups in total. The van der Waals surface area contributed by atoms with Gasteiger partial charge in [-0.2, -0.15) is 0 Å². The Hall–Kier alpha value is -5.61. The number of rotatable bonds is 8. The topological polar surface area (TPSA) is 133 Å². The highest BCUT2D eigenvalue weighted by molar-refractivity contribution is 7.22. The number of benzene rings is 4. The van der Waals surface area contributed by atoms with Gasteiger partial charge in [-0.05, 0) is 111 Å². The van der Waals surface area contributed by atoms with E-state index in [2.05, 4.69) is 44.2 Å². The van der Waals surface area contributed by atoms with Crippen LogP contribution in [-0.4, -0.2) is 103 Å². The molecule has 10 rings (SSSR count). The number of nitrogens with zero attached hydrogens (tertiary/aromatic N) is 6. The summed E-state index contributed by atoms with van der Waals surface area (Å²) in [6.45, 7) is 10.9. The van der Waals surface area contributed by atoms with Gasteiger partial charge in [-0.1, -0.05) is 35.3 Å². The molecule has 0 saturated carbocycles. The van der Waals surface area contributed by atoms with E-state index in [9.17, 15) is 4.39 Å². The smallest absolute Gasteiger partial charge is 0.226 e. The molecule has 0 aliphatic carbocycles. The third-order valence-corrected chi connectivity index (χ3v) is 13.3. The summed E-state index contributed by atoms with van der Waals surface area (Å²) in [5.41, 5.74) is 13.0. The van der Waals surface area contributed by atoms with Crippen LogP contribution in [0.1, 0.15) is 22.4 Å². The van der Waals surface area contributed by atoms with Crippen molar-refractivity contribution in [2.45, 2.75) is 26.9 Å². The maximum absolute atomic E-state index is 14.1. The molecule has 1 fully saturated rings. The van der Waals surface area contributed by atoms with Gasteiger partial charge in [0.2, 0.25) is 5.88 Å². The first-order valence-electron chi connectivity index (χ1n) is 21.5. The molecule has 0 spiro atoms. The maximum atomic E-state index is 14.1. The van der Waals surface area contributed by atoms with Gasteiger partial charge < -0.3 is 39.8 Å². The summed E-state index contributed by atoms with van der Waals surface area (Å²) in [4.78, 5) is 24.8. The van der Waals surface area contributed by atoms with Gasteiger partial charge in [0.25, 0.3) is 0 Å². The molecule has 4 aromatic carbocycles. The predicted molar refractivity (Wildman–Crippen MR) is 259 cm³/mol. The Balaban J connectivity index is 0.000000651. The summed E-state index contributed by atoms with van der Waals surface area (Å²) in [5.74, 6) is 2.31. The second kappa shape index (κ2) is 21.1. The number of thiophene rings is 1. The molecule has 338 valence electrons. The molecule has 65 heavy (non-hydrogen) atoms. The Morgan fingerprint density at radius 1 is 0.800 bits per heavy atom. The van der Waals surface area contributed by atoms with Gasteiger partial charge in [0.05, 0.1) is 27.7 Å². The van der Waals surface area contributed by atoms with Crippen LogP contribution in [0.4, 0.5) is 10.1 Å². The summed E-state index contributed by atoms with van der Waals surface area (Å²) in [5, 5.41) is 4.72. The van der Waals surface area contributed by atoms with Crippen LogP contribution in [0.3, 0.4) is 0 Å². The first-order chi connectivity index (χ1) is 31.6. The largest absolute Gasteiger partial charge is 0.490 e. The molecular formula is C49H51Cl2FN8O4S. The van der Waals surface area contributed by atoms with Crippen LogP contribution in [-0.2, 0) is 13.0 Å². The molecule has 0 atom stereocenters. The monoisotopic (exact) mass is 936 g/mol. The van der Waals surface area contributed by atoms with Crippen molar-refractivity contribution in [1.29, 1.82) is 0 Å². The van der Waals surface area contributed by atoms with Crippen molar-refractivity contribution < 1.29 is 23.3 Å². The van der Waals surface area contributed by atoms with Crippen LogP contribution >= 0.6 is 34.5 Å². The van der Waals surface area contributed by atoms with E-state index in [1.807, 2.05) is 62.4 Å². The number of nitrogens with one attached hydrogen (secondary N) is 1. The standard InChI is InChI=1S/C43H37Cl2FN6O4S.C6H14N2/c1-24-34-25(2)38(45)39(37(24)44)54-20-19-53-32-11-12-33(56-22-31-13-16-49-41(52-31)27-5-9-30(10-6-27)48-17-15-47)28(21-32)14-18-55-42-36-35(34)40(57-43(36)51-23-50-42)26-3-7-29(46)8-4-26;1-7-3-5-8(2)6-4-7/h3-13,16,21,23,48H,14-15,17-20,22,47H2,1-2H3;3-6H2,1-2H3. The molecule has 3 aliphatic heterocycles. The van der Waals surface area contributed by atoms with Crippen LogP contribution in [0.5, 0.6) is 23.1 Å². The lowest BCUT2D eigenvalue weighted by molar-refractivity contribution is 0.181. The molecule has 0 amide bonds. The molecule has 6 heterocycles. The Bertz CT molecular complexity index is 2710. The number of nitrogens with two attached hydrogens (primary N) is 1. The van der Waals surface area contributed by atoms with Crippen molar-refractivity contribution in [3.63, 3.8) is 0 Å². The molecule has 1 saturated heterocycles.